The Bertz CT molecular complexity index is 2570. The number of pyridine rings is 2. The van der Waals surface area contributed by atoms with E-state index in [2.05, 4.69) is 146 Å². The third-order valence-corrected chi connectivity index (χ3v) is 8.76. The topological polar surface area (TPSA) is 51.6 Å². The van der Waals surface area contributed by atoms with Crippen LogP contribution in [0.5, 0.6) is 0 Å². The molecule has 0 bridgehead atoms. The second kappa shape index (κ2) is 10.7. The van der Waals surface area contributed by atoms with Gasteiger partial charge in [-0.1, -0.05) is 127 Å². The van der Waals surface area contributed by atoms with Crippen LogP contribution < -0.4 is 0 Å². The molecule has 0 N–H and O–H groups in total. The summed E-state index contributed by atoms with van der Waals surface area (Å²) < 4.78 is 0. The number of hydrogen-bond acceptors (Lipinski definition) is 4. The molecule has 4 heteroatoms. The van der Waals surface area contributed by atoms with Crippen molar-refractivity contribution in [3.05, 3.63) is 158 Å². The highest BCUT2D eigenvalue weighted by atomic mass is 14.9. The van der Waals surface area contributed by atoms with Crippen molar-refractivity contribution in [3.63, 3.8) is 0 Å². The minimum Gasteiger partial charge on any atom is -0.245 e. The van der Waals surface area contributed by atoms with Gasteiger partial charge in [-0.2, -0.15) is 0 Å². The highest BCUT2D eigenvalue weighted by Crippen LogP contribution is 2.32. The first-order valence-corrected chi connectivity index (χ1v) is 15.4. The summed E-state index contributed by atoms with van der Waals surface area (Å²) in [6.45, 7) is 0. The van der Waals surface area contributed by atoms with E-state index < -0.39 is 0 Å². The summed E-state index contributed by atoms with van der Waals surface area (Å²) in [7, 11) is 0. The van der Waals surface area contributed by atoms with Crippen LogP contribution in [0.1, 0.15) is 0 Å². The maximum absolute atomic E-state index is 5.14. The van der Waals surface area contributed by atoms with E-state index >= 15 is 0 Å². The van der Waals surface area contributed by atoms with Gasteiger partial charge in [0.2, 0.25) is 0 Å². The van der Waals surface area contributed by atoms with E-state index in [0.717, 1.165) is 61.0 Å². The number of aromatic nitrogens is 4. The minimum atomic E-state index is 0.693. The zero-order chi connectivity index (χ0) is 30.5. The van der Waals surface area contributed by atoms with E-state index in [9.17, 15) is 0 Å². The fourth-order valence-corrected chi connectivity index (χ4v) is 6.32. The van der Waals surface area contributed by atoms with Gasteiger partial charge in [0, 0.05) is 45.4 Å². The van der Waals surface area contributed by atoms with Crippen molar-refractivity contribution in [2.24, 2.45) is 0 Å². The van der Waals surface area contributed by atoms with Gasteiger partial charge in [0.25, 0.3) is 0 Å². The molecular weight excluding hydrogens is 560 g/mol. The average molecular weight is 587 g/mol. The van der Waals surface area contributed by atoms with E-state index in [1.54, 1.807) is 0 Å². The van der Waals surface area contributed by atoms with Crippen LogP contribution in [0.4, 0.5) is 0 Å². The van der Waals surface area contributed by atoms with Gasteiger partial charge in [0.1, 0.15) is 0 Å². The van der Waals surface area contributed by atoms with Gasteiger partial charge in [-0.3, -0.25) is 0 Å². The van der Waals surface area contributed by atoms with Crippen molar-refractivity contribution in [3.8, 4) is 45.0 Å². The molecule has 0 saturated heterocycles. The zero-order valence-electron chi connectivity index (χ0n) is 24.8. The van der Waals surface area contributed by atoms with E-state index in [0.29, 0.717) is 5.82 Å². The molecule has 3 heterocycles. The smallest absolute Gasteiger partial charge is 0.159 e. The fourth-order valence-electron chi connectivity index (χ4n) is 6.32. The predicted octanol–water partition coefficient (Wildman–Crippen LogP) is 10.5. The van der Waals surface area contributed by atoms with Gasteiger partial charge in [-0.25, -0.2) is 19.9 Å². The van der Waals surface area contributed by atoms with Crippen molar-refractivity contribution in [1.29, 1.82) is 0 Å². The number of benzene rings is 6. The molecule has 0 fully saturated rings. The molecule has 0 unspecified atom stereocenters. The van der Waals surface area contributed by atoms with Crippen LogP contribution >= 0.6 is 0 Å². The number of nitrogens with zero attached hydrogens (tertiary/aromatic N) is 4. The Hall–Kier alpha value is -6.26. The Morgan fingerprint density at radius 1 is 0.348 bits per heavy atom. The van der Waals surface area contributed by atoms with Crippen LogP contribution in [0.15, 0.2) is 158 Å². The maximum Gasteiger partial charge on any atom is 0.159 e. The Labute approximate surface area is 265 Å². The molecule has 0 saturated carbocycles. The van der Waals surface area contributed by atoms with Crippen LogP contribution in [0.3, 0.4) is 0 Å². The Kier molecular flexibility index (Phi) is 6.10. The molecule has 0 spiro atoms. The van der Waals surface area contributed by atoms with Gasteiger partial charge in [0.15, 0.2) is 5.82 Å². The second-order valence-corrected chi connectivity index (χ2v) is 11.6. The molecule has 0 atom stereocenters. The lowest BCUT2D eigenvalue weighted by atomic mass is 10.0. The third kappa shape index (κ3) is 4.56. The predicted molar refractivity (Wildman–Crippen MR) is 189 cm³/mol. The first-order valence-electron chi connectivity index (χ1n) is 15.4. The van der Waals surface area contributed by atoms with E-state index in [4.69, 9.17) is 19.9 Å². The van der Waals surface area contributed by atoms with Crippen LogP contribution in [-0.4, -0.2) is 19.9 Å². The molecule has 0 aliphatic heterocycles. The molecule has 4 nitrogen and oxygen atoms in total. The van der Waals surface area contributed by atoms with Crippen molar-refractivity contribution >= 4 is 43.4 Å². The largest absolute Gasteiger partial charge is 0.245 e. The molecule has 3 aromatic heterocycles. The number of hydrogen-bond donors (Lipinski definition) is 0. The van der Waals surface area contributed by atoms with Crippen molar-refractivity contribution < 1.29 is 0 Å². The van der Waals surface area contributed by atoms with E-state index in [1.807, 2.05) is 12.4 Å². The Balaban J connectivity index is 1.04. The molecule has 0 radical (unpaired) electrons. The molecule has 0 amide bonds. The summed E-state index contributed by atoms with van der Waals surface area (Å²) >= 11 is 0. The molecule has 46 heavy (non-hydrogen) atoms. The van der Waals surface area contributed by atoms with Crippen LogP contribution in [0, 0.1) is 0 Å². The Morgan fingerprint density at radius 2 is 0.891 bits per heavy atom. The summed E-state index contributed by atoms with van der Waals surface area (Å²) in [5.74, 6) is 0.693. The Morgan fingerprint density at radius 3 is 1.63 bits per heavy atom. The molecule has 9 aromatic rings. The summed E-state index contributed by atoms with van der Waals surface area (Å²) in [6.07, 6.45) is 3.82. The zero-order valence-corrected chi connectivity index (χ0v) is 24.8. The van der Waals surface area contributed by atoms with Crippen LogP contribution in [0.2, 0.25) is 0 Å². The lowest BCUT2D eigenvalue weighted by molar-refractivity contribution is 1.18. The summed E-state index contributed by atoms with van der Waals surface area (Å²) in [5.41, 5.74) is 8.86. The SMILES string of the molecule is c1ccc2cc(-c3ccc4ccc5ccc(-c6ccc(-c7ncc(-c8cccc9ccccc89)cn7)cc6)nc5c4n3)ccc2c1. The number of fused-ring (bicyclic) bond motifs is 5. The first kappa shape index (κ1) is 26.2. The van der Waals surface area contributed by atoms with Crippen molar-refractivity contribution in [2.45, 2.75) is 0 Å². The number of rotatable bonds is 4. The fraction of sp³-hybridized carbons (Fsp3) is 0. The maximum atomic E-state index is 5.14. The van der Waals surface area contributed by atoms with Gasteiger partial charge < -0.3 is 0 Å². The van der Waals surface area contributed by atoms with Crippen LogP contribution in [0.25, 0.3) is 88.4 Å². The molecule has 9 rings (SSSR count). The first-order chi connectivity index (χ1) is 22.8. The minimum absolute atomic E-state index is 0.693. The standard InChI is InChI=1S/C42H26N4/c1-2-8-33-24-34(19-12-27(33)6-1)39-23-21-31-16-15-30-20-22-38(45-40(30)41(31)46-39)29-13-17-32(18-14-29)42-43-25-35(26-44-42)37-11-5-9-28-7-3-4-10-36(28)37/h1-26H. The van der Waals surface area contributed by atoms with Gasteiger partial charge in [-0.15, -0.1) is 0 Å². The lowest BCUT2D eigenvalue weighted by Gasteiger charge is -2.09. The molecular formula is C42H26N4. The summed E-state index contributed by atoms with van der Waals surface area (Å²) in [4.78, 5) is 19.7. The van der Waals surface area contributed by atoms with Gasteiger partial charge in [-0.05, 0) is 45.3 Å². The average Bonchev–Trinajstić information content (AvgIpc) is 3.14. The highest BCUT2D eigenvalue weighted by molar-refractivity contribution is 6.04. The molecule has 214 valence electrons. The summed E-state index contributed by atoms with van der Waals surface area (Å²) in [5, 5.41) is 6.96. The summed E-state index contributed by atoms with van der Waals surface area (Å²) in [6, 6.07) is 50.6. The van der Waals surface area contributed by atoms with E-state index in [1.165, 1.54) is 21.5 Å². The molecule has 0 aliphatic rings. The normalized spacial score (nSPS) is 11.5. The van der Waals surface area contributed by atoms with Crippen LogP contribution in [-0.2, 0) is 0 Å². The van der Waals surface area contributed by atoms with Crippen molar-refractivity contribution in [1.82, 2.24) is 19.9 Å². The second-order valence-electron chi connectivity index (χ2n) is 11.6. The quantitative estimate of drug-likeness (QED) is 0.193. The lowest BCUT2D eigenvalue weighted by Crippen LogP contribution is -1.92. The molecule has 0 aliphatic carbocycles. The highest BCUT2D eigenvalue weighted by Gasteiger charge is 2.11. The van der Waals surface area contributed by atoms with Gasteiger partial charge in [0.05, 0.1) is 22.4 Å². The van der Waals surface area contributed by atoms with Gasteiger partial charge >= 0.3 is 0 Å². The van der Waals surface area contributed by atoms with E-state index in [-0.39, 0.29) is 0 Å². The monoisotopic (exact) mass is 586 g/mol. The molecule has 6 aromatic carbocycles. The third-order valence-electron chi connectivity index (χ3n) is 8.76. The van der Waals surface area contributed by atoms with Crippen molar-refractivity contribution in [2.75, 3.05) is 0 Å².